The number of nitrogens with one attached hydrogen (secondary N) is 1. The van der Waals surface area contributed by atoms with Crippen molar-refractivity contribution in [3.63, 3.8) is 0 Å². The number of rotatable bonds is 12. The van der Waals surface area contributed by atoms with Crippen LogP contribution in [-0.4, -0.2) is 41.6 Å². The number of ether oxygens (including phenoxy) is 2. The first kappa shape index (κ1) is 21.8. The normalized spacial score (nSPS) is 29.3. The molecule has 0 aromatic carbocycles. The number of carbonyl (C=O) groups is 1. The van der Waals surface area contributed by atoms with Crippen LogP contribution < -0.4 is 5.32 Å². The Labute approximate surface area is 174 Å². The molecule has 0 aromatic rings. The van der Waals surface area contributed by atoms with E-state index in [2.05, 4.69) is 5.32 Å². The molecule has 2 saturated heterocycles. The lowest BCUT2D eigenvalue weighted by atomic mass is 9.75. The minimum Gasteiger partial charge on any atom is -0.481 e. The molecule has 0 amide bonds. The van der Waals surface area contributed by atoms with Gasteiger partial charge in [0.25, 0.3) is 5.17 Å². The Kier molecular flexibility index (Phi) is 8.84. The number of carboxylic acids is 1. The van der Waals surface area contributed by atoms with Crippen molar-refractivity contribution in [2.24, 2.45) is 17.8 Å². The Balaban J connectivity index is 1.30. The fourth-order valence-electron chi connectivity index (χ4n) is 5.46. The Morgan fingerprint density at radius 2 is 1.68 bits per heavy atom. The Bertz CT molecular complexity index is 509. The third kappa shape index (κ3) is 6.58. The van der Waals surface area contributed by atoms with Gasteiger partial charge in [-0.2, -0.15) is 0 Å². The third-order valence-corrected chi connectivity index (χ3v) is 7.22. The van der Waals surface area contributed by atoms with E-state index >= 15 is 0 Å². The van der Waals surface area contributed by atoms with Gasteiger partial charge in [-0.15, -0.1) is 0 Å². The summed E-state index contributed by atoms with van der Waals surface area (Å²) in [5.74, 6) is 1.31. The molecule has 0 spiro atoms. The van der Waals surface area contributed by atoms with Gasteiger partial charge in [0.05, 0.1) is 18.8 Å². The maximum atomic E-state index is 10.6. The highest BCUT2D eigenvalue weighted by Crippen LogP contribution is 2.47. The zero-order valence-electron chi connectivity index (χ0n) is 17.1. The van der Waals surface area contributed by atoms with E-state index in [1.54, 1.807) is 0 Å². The van der Waals surface area contributed by atoms with Crippen LogP contribution in [0.5, 0.6) is 0 Å². The second-order valence-electron chi connectivity index (χ2n) is 8.92. The first-order valence-electron chi connectivity index (χ1n) is 11.4. The van der Waals surface area contributed by atoms with Gasteiger partial charge in [-0.25, -0.2) is 0 Å². The molecule has 3 fully saturated rings. The molecule has 28 heavy (non-hydrogen) atoms. The van der Waals surface area contributed by atoms with Crippen LogP contribution in [0.25, 0.3) is 0 Å². The summed E-state index contributed by atoms with van der Waals surface area (Å²) in [6.45, 7) is 1.64. The second kappa shape index (κ2) is 11.3. The van der Waals surface area contributed by atoms with E-state index in [1.807, 2.05) is 0 Å². The number of hydrogen-bond donors (Lipinski definition) is 2. The number of unbranched alkanes of at least 4 members (excludes halogenated alkanes) is 3. The van der Waals surface area contributed by atoms with E-state index in [9.17, 15) is 4.79 Å². The average Bonchev–Trinajstić information content (AvgIpc) is 3.41. The summed E-state index contributed by atoms with van der Waals surface area (Å²) in [5, 5.41) is 12.6. The summed E-state index contributed by atoms with van der Waals surface area (Å²) >= 11 is 5.35. The van der Waals surface area contributed by atoms with Crippen molar-refractivity contribution in [2.75, 3.05) is 13.2 Å². The molecule has 160 valence electrons. The highest BCUT2D eigenvalue weighted by Gasteiger charge is 2.47. The van der Waals surface area contributed by atoms with Crippen LogP contribution in [0.15, 0.2) is 0 Å². The van der Waals surface area contributed by atoms with Crippen LogP contribution in [0.4, 0.5) is 0 Å². The smallest absolute Gasteiger partial charge is 0.303 e. The van der Waals surface area contributed by atoms with Gasteiger partial charge in [0, 0.05) is 13.0 Å². The molecule has 6 heteroatoms. The van der Waals surface area contributed by atoms with Gasteiger partial charge in [-0.3, -0.25) is 4.79 Å². The van der Waals surface area contributed by atoms with Gasteiger partial charge in [0.1, 0.15) is 0 Å². The molecule has 2 heterocycles. The first-order valence-corrected chi connectivity index (χ1v) is 11.8. The van der Waals surface area contributed by atoms with Crippen LogP contribution in [0.1, 0.15) is 83.5 Å². The third-order valence-electron chi connectivity index (χ3n) is 6.96. The molecule has 1 aliphatic carbocycles. The summed E-state index contributed by atoms with van der Waals surface area (Å²) in [7, 11) is 0. The molecule has 3 rings (SSSR count). The lowest BCUT2D eigenvalue weighted by Crippen LogP contribution is -2.31. The Hall–Kier alpha value is -0.880. The van der Waals surface area contributed by atoms with Crippen molar-refractivity contribution in [3.05, 3.63) is 0 Å². The van der Waals surface area contributed by atoms with Crippen LogP contribution in [0, 0.1) is 17.8 Å². The number of carboxylic acid groups (broad SMARTS) is 1. The lowest BCUT2D eigenvalue weighted by Gasteiger charge is -2.28. The quantitative estimate of drug-likeness (QED) is 0.359. The summed E-state index contributed by atoms with van der Waals surface area (Å²) in [6.07, 6.45) is 15.2. The molecular weight excluding hydrogens is 374 g/mol. The monoisotopic (exact) mass is 411 g/mol. The fraction of sp³-hybridized carbons (Fsp3) is 0.909. The van der Waals surface area contributed by atoms with E-state index in [0.717, 1.165) is 38.1 Å². The van der Waals surface area contributed by atoms with Crippen LogP contribution in [0.3, 0.4) is 0 Å². The van der Waals surface area contributed by atoms with Crippen molar-refractivity contribution >= 4 is 23.4 Å². The Morgan fingerprint density at radius 1 is 1.00 bits per heavy atom. The van der Waals surface area contributed by atoms with E-state index in [-0.39, 0.29) is 0 Å². The minimum atomic E-state index is -0.683. The zero-order chi connectivity index (χ0) is 19.8. The van der Waals surface area contributed by atoms with Crippen molar-refractivity contribution < 1.29 is 19.4 Å². The molecule has 1 saturated carbocycles. The standard InChI is InChI=1S/C22H37NO4S/c24-21(25)10-4-2-1-3-9-17-18(20-12-11-19(17)27-20)13-14-26-22(28)23-15-16-7-5-6-8-16/h16-20H,1-15H2,(H,23,28)(H,24,25)/t17-,18-,19+,20-/m1/s1. The van der Waals surface area contributed by atoms with Gasteiger partial charge in [0.15, 0.2) is 0 Å². The molecule has 2 aliphatic heterocycles. The van der Waals surface area contributed by atoms with Crippen LogP contribution in [-0.2, 0) is 14.3 Å². The molecule has 5 nitrogen and oxygen atoms in total. The van der Waals surface area contributed by atoms with Crippen molar-refractivity contribution in [1.82, 2.24) is 5.32 Å². The van der Waals surface area contributed by atoms with Gasteiger partial charge in [0.2, 0.25) is 0 Å². The van der Waals surface area contributed by atoms with Crippen molar-refractivity contribution in [3.8, 4) is 0 Å². The molecule has 4 atom stereocenters. The van der Waals surface area contributed by atoms with Crippen molar-refractivity contribution in [2.45, 2.75) is 95.7 Å². The lowest BCUT2D eigenvalue weighted by molar-refractivity contribution is -0.137. The SMILES string of the molecule is O=C(O)CCCCCC[C@@H]1[C@@H](CCOC(=S)NCC2CCCC2)[C@H]2CC[C@@H]1O2. The van der Waals surface area contributed by atoms with Gasteiger partial charge >= 0.3 is 5.97 Å². The molecule has 0 unspecified atom stereocenters. The minimum absolute atomic E-state index is 0.298. The summed E-state index contributed by atoms with van der Waals surface area (Å²) in [4.78, 5) is 10.6. The number of aliphatic carboxylic acids is 1. The number of thiocarbonyl (C=S) groups is 1. The van der Waals surface area contributed by atoms with E-state index < -0.39 is 5.97 Å². The van der Waals surface area contributed by atoms with Gasteiger partial charge < -0.3 is 19.9 Å². The second-order valence-corrected chi connectivity index (χ2v) is 9.29. The summed E-state index contributed by atoms with van der Waals surface area (Å²) < 4.78 is 12.0. The predicted octanol–water partition coefficient (Wildman–Crippen LogP) is 4.68. The maximum Gasteiger partial charge on any atom is 0.303 e. The molecule has 3 aliphatic rings. The van der Waals surface area contributed by atoms with Crippen LogP contribution >= 0.6 is 12.2 Å². The van der Waals surface area contributed by atoms with Gasteiger partial charge in [-0.05, 0) is 74.9 Å². The maximum absolute atomic E-state index is 10.6. The summed E-state index contributed by atoms with van der Waals surface area (Å²) in [5.41, 5.74) is 0. The summed E-state index contributed by atoms with van der Waals surface area (Å²) in [6, 6.07) is 0. The Morgan fingerprint density at radius 3 is 2.39 bits per heavy atom. The van der Waals surface area contributed by atoms with Crippen LogP contribution in [0.2, 0.25) is 0 Å². The number of fused-ring (bicyclic) bond motifs is 2. The highest BCUT2D eigenvalue weighted by molar-refractivity contribution is 7.80. The molecule has 0 radical (unpaired) electrons. The molecule has 0 aromatic heterocycles. The molecule has 2 N–H and O–H groups in total. The van der Waals surface area contributed by atoms with E-state index in [0.29, 0.717) is 42.2 Å². The fourth-order valence-corrected chi connectivity index (χ4v) is 5.63. The van der Waals surface area contributed by atoms with Gasteiger partial charge in [-0.1, -0.05) is 32.1 Å². The largest absolute Gasteiger partial charge is 0.481 e. The molecular formula is C22H37NO4S. The number of hydrogen-bond acceptors (Lipinski definition) is 4. The first-order chi connectivity index (χ1) is 13.6. The average molecular weight is 412 g/mol. The zero-order valence-corrected chi connectivity index (χ0v) is 17.9. The molecule has 2 bridgehead atoms. The highest BCUT2D eigenvalue weighted by atomic mass is 32.1. The predicted molar refractivity (Wildman–Crippen MR) is 113 cm³/mol. The van der Waals surface area contributed by atoms with E-state index in [1.165, 1.54) is 51.4 Å². The van der Waals surface area contributed by atoms with Crippen molar-refractivity contribution in [1.29, 1.82) is 0 Å². The van der Waals surface area contributed by atoms with E-state index in [4.69, 9.17) is 26.8 Å². The topological polar surface area (TPSA) is 67.8 Å².